The molecule has 168 valence electrons. The van der Waals surface area contributed by atoms with Crippen LogP contribution in [0.2, 0.25) is 0 Å². The Labute approximate surface area is 186 Å². The fourth-order valence-corrected chi connectivity index (χ4v) is 3.93. The predicted molar refractivity (Wildman–Crippen MR) is 114 cm³/mol. The van der Waals surface area contributed by atoms with Gasteiger partial charge in [-0.1, -0.05) is 0 Å². The largest absolute Gasteiger partial charge is 0.496 e. The summed E-state index contributed by atoms with van der Waals surface area (Å²) in [7, 11) is -2.16. The number of hydrogen-bond donors (Lipinski definition) is 0. The van der Waals surface area contributed by atoms with Crippen LogP contribution in [0.1, 0.15) is 61.0 Å². The summed E-state index contributed by atoms with van der Waals surface area (Å²) < 4.78 is 65.5. The molecule has 0 atom stereocenters. The molecule has 0 amide bonds. The zero-order valence-corrected chi connectivity index (χ0v) is 19.7. The molecular formula is C20H26B2F3NO4S. The van der Waals surface area contributed by atoms with Crippen LogP contribution in [0.25, 0.3) is 0 Å². The molecule has 2 fully saturated rings. The molecule has 5 nitrogen and oxygen atoms in total. The Morgan fingerprint density at radius 2 is 1.10 bits per heavy atom. The van der Waals surface area contributed by atoms with E-state index in [1.807, 2.05) is 60.8 Å². The molecule has 0 spiro atoms. The van der Waals surface area contributed by atoms with Gasteiger partial charge in [-0.2, -0.15) is 18.4 Å². The molecule has 11 heteroatoms. The minimum absolute atomic E-state index is 0.129. The topological polar surface area (TPSA) is 60.7 Å². The molecule has 0 saturated carbocycles. The van der Waals surface area contributed by atoms with Crippen molar-refractivity contribution >= 4 is 36.9 Å². The lowest BCUT2D eigenvalue weighted by atomic mass is 9.70. The number of nitriles is 1. The van der Waals surface area contributed by atoms with Crippen molar-refractivity contribution in [2.45, 2.75) is 88.9 Å². The molecule has 2 saturated heterocycles. The number of halogens is 3. The van der Waals surface area contributed by atoms with Gasteiger partial charge >= 0.3 is 20.4 Å². The number of hydrogen-bond acceptors (Lipinski definition) is 6. The second-order valence-electron chi connectivity index (χ2n) is 9.85. The number of thioether (sulfide) groups is 1. The normalized spacial score (nSPS) is 23.8. The van der Waals surface area contributed by atoms with Crippen molar-refractivity contribution < 1.29 is 31.8 Å². The van der Waals surface area contributed by atoms with Crippen molar-refractivity contribution in [3.8, 4) is 5.40 Å². The van der Waals surface area contributed by atoms with E-state index in [2.05, 4.69) is 0 Å². The summed E-state index contributed by atoms with van der Waals surface area (Å²) in [6.07, 6.45) is -4.62. The van der Waals surface area contributed by atoms with Gasteiger partial charge in [-0.25, -0.2) is 0 Å². The standard InChI is InChI=1S/C20H26B2F3NO4S/c1-16(2)17(3,4)28-21(27-16)13-9-12(20(23,24)25)10-14(15(13)31-11-26)22-29-18(5,6)19(7,8)30-22/h9-10H,1-8H3. The predicted octanol–water partition coefficient (Wildman–Crippen LogP) is 3.88. The van der Waals surface area contributed by atoms with Gasteiger partial charge in [0.2, 0.25) is 0 Å². The van der Waals surface area contributed by atoms with Gasteiger partial charge in [0, 0.05) is 4.90 Å². The number of thiocyanates is 1. The number of benzene rings is 1. The first kappa shape index (κ1) is 24.5. The Hall–Kier alpha value is -1.18. The van der Waals surface area contributed by atoms with Crippen LogP contribution >= 0.6 is 11.8 Å². The number of alkyl halides is 3. The van der Waals surface area contributed by atoms with Crippen molar-refractivity contribution in [3.05, 3.63) is 17.7 Å². The summed E-state index contributed by atoms with van der Waals surface area (Å²) in [5.41, 5.74) is -3.66. The van der Waals surface area contributed by atoms with Gasteiger partial charge in [0.15, 0.2) is 0 Å². The fourth-order valence-electron chi connectivity index (χ4n) is 3.29. The quantitative estimate of drug-likeness (QED) is 0.392. The molecule has 3 rings (SSSR count). The van der Waals surface area contributed by atoms with E-state index in [4.69, 9.17) is 18.6 Å². The third-order valence-corrected chi connectivity index (χ3v) is 7.40. The Kier molecular flexibility index (Phi) is 5.86. The summed E-state index contributed by atoms with van der Waals surface area (Å²) in [4.78, 5) is 0.285. The Bertz CT molecular complexity index is 839. The lowest BCUT2D eigenvalue weighted by Crippen LogP contribution is -2.44. The lowest BCUT2D eigenvalue weighted by molar-refractivity contribution is -0.137. The highest BCUT2D eigenvalue weighted by atomic mass is 32.2. The molecule has 31 heavy (non-hydrogen) atoms. The van der Waals surface area contributed by atoms with E-state index in [0.717, 1.165) is 23.9 Å². The lowest BCUT2D eigenvalue weighted by Gasteiger charge is -2.32. The van der Waals surface area contributed by atoms with E-state index >= 15 is 0 Å². The summed E-state index contributed by atoms with van der Waals surface area (Å²) in [5, 5.41) is 11.4. The number of rotatable bonds is 3. The van der Waals surface area contributed by atoms with Gasteiger partial charge in [0.25, 0.3) is 0 Å². The highest BCUT2D eigenvalue weighted by Gasteiger charge is 2.55. The highest BCUT2D eigenvalue weighted by molar-refractivity contribution is 8.04. The van der Waals surface area contributed by atoms with Crippen LogP contribution in [-0.4, -0.2) is 36.6 Å². The van der Waals surface area contributed by atoms with E-state index in [9.17, 15) is 18.4 Å². The molecule has 0 bridgehead atoms. The molecule has 0 radical (unpaired) electrons. The zero-order valence-electron chi connectivity index (χ0n) is 18.9. The third kappa shape index (κ3) is 4.25. The number of nitrogens with zero attached hydrogens (tertiary/aromatic N) is 1. The smallest absolute Gasteiger partial charge is 0.399 e. The van der Waals surface area contributed by atoms with Gasteiger partial charge < -0.3 is 18.6 Å². The van der Waals surface area contributed by atoms with E-state index in [0.29, 0.717) is 0 Å². The van der Waals surface area contributed by atoms with Gasteiger partial charge in [0.1, 0.15) is 5.40 Å². The average molecular weight is 455 g/mol. The molecule has 0 aliphatic carbocycles. The second-order valence-corrected chi connectivity index (χ2v) is 10.6. The molecule has 2 aliphatic rings. The van der Waals surface area contributed by atoms with Gasteiger partial charge in [-0.3, -0.25) is 0 Å². The summed E-state index contributed by atoms with van der Waals surface area (Å²) >= 11 is 0.740. The first-order valence-corrected chi connectivity index (χ1v) is 10.8. The molecule has 1 aromatic carbocycles. The third-order valence-electron chi connectivity index (χ3n) is 6.64. The first-order chi connectivity index (χ1) is 13.9. The molecule has 0 aromatic heterocycles. The van der Waals surface area contributed by atoms with Crippen LogP contribution in [0.5, 0.6) is 0 Å². The molecule has 1 aromatic rings. The zero-order chi connectivity index (χ0) is 23.6. The van der Waals surface area contributed by atoms with Crippen molar-refractivity contribution in [3.63, 3.8) is 0 Å². The maximum Gasteiger partial charge on any atom is 0.496 e. The molecule has 2 heterocycles. The summed E-state index contributed by atoms with van der Waals surface area (Å²) in [5.74, 6) is 0. The first-order valence-electron chi connectivity index (χ1n) is 9.94. The van der Waals surface area contributed by atoms with E-state index in [1.165, 1.54) is 0 Å². The molecule has 2 aliphatic heterocycles. The van der Waals surface area contributed by atoms with Crippen LogP contribution in [0.4, 0.5) is 13.2 Å². The van der Waals surface area contributed by atoms with Gasteiger partial charge in [-0.05, 0) is 90.2 Å². The average Bonchev–Trinajstić information content (AvgIpc) is 2.93. The van der Waals surface area contributed by atoms with Crippen LogP contribution in [0.15, 0.2) is 17.0 Å². The minimum Gasteiger partial charge on any atom is -0.399 e. The van der Waals surface area contributed by atoms with Crippen LogP contribution in [0, 0.1) is 10.7 Å². The van der Waals surface area contributed by atoms with Crippen molar-refractivity contribution in [1.29, 1.82) is 5.26 Å². The minimum atomic E-state index is -4.62. The summed E-state index contributed by atoms with van der Waals surface area (Å²) in [6.45, 7) is 14.5. The van der Waals surface area contributed by atoms with Crippen LogP contribution in [-0.2, 0) is 24.8 Å². The monoisotopic (exact) mass is 455 g/mol. The Morgan fingerprint density at radius 1 is 0.774 bits per heavy atom. The Morgan fingerprint density at radius 3 is 1.35 bits per heavy atom. The van der Waals surface area contributed by atoms with Gasteiger partial charge in [0.05, 0.1) is 28.0 Å². The van der Waals surface area contributed by atoms with Crippen molar-refractivity contribution in [1.82, 2.24) is 0 Å². The highest BCUT2D eigenvalue weighted by Crippen LogP contribution is 2.40. The molecule has 0 unspecified atom stereocenters. The van der Waals surface area contributed by atoms with E-state index < -0.39 is 48.4 Å². The second kappa shape index (κ2) is 7.42. The molecular weight excluding hydrogens is 429 g/mol. The van der Waals surface area contributed by atoms with Gasteiger partial charge in [-0.15, -0.1) is 0 Å². The maximum absolute atomic E-state index is 13.8. The summed E-state index contributed by atoms with van der Waals surface area (Å²) in [6, 6.07) is 1.97. The van der Waals surface area contributed by atoms with E-state index in [-0.39, 0.29) is 15.8 Å². The van der Waals surface area contributed by atoms with Crippen molar-refractivity contribution in [2.24, 2.45) is 0 Å². The van der Waals surface area contributed by atoms with Crippen LogP contribution in [0.3, 0.4) is 0 Å². The fraction of sp³-hybridized carbons (Fsp3) is 0.650. The molecule has 0 N–H and O–H groups in total. The van der Waals surface area contributed by atoms with Crippen molar-refractivity contribution in [2.75, 3.05) is 0 Å². The maximum atomic E-state index is 13.8. The van der Waals surface area contributed by atoms with Crippen LogP contribution < -0.4 is 10.9 Å². The van der Waals surface area contributed by atoms with E-state index in [1.54, 1.807) is 0 Å². The SMILES string of the molecule is CC1(C)OB(c2cc(C(F)(F)F)cc(B3OC(C)(C)C(C)(C)O3)c2SC#N)OC1(C)C. The Balaban J connectivity index is 2.20.